The van der Waals surface area contributed by atoms with E-state index in [4.69, 9.17) is 4.74 Å². The van der Waals surface area contributed by atoms with Crippen LogP contribution in [0.5, 0.6) is 0 Å². The molecule has 0 spiro atoms. The number of hydrogen-bond donors (Lipinski definition) is 1. The Bertz CT molecular complexity index is 354. The number of rotatable bonds is 5. The Labute approximate surface area is 126 Å². The molecule has 1 N–H and O–H groups in total. The number of hydrogen-bond acceptors (Lipinski definition) is 4. The molecule has 2 rings (SSSR count). The molecule has 2 heterocycles. The van der Waals surface area contributed by atoms with E-state index >= 15 is 0 Å². The van der Waals surface area contributed by atoms with Crippen LogP contribution in [0.4, 0.5) is 0 Å². The molecular formula is C15H27N3O3. The zero-order chi connectivity index (χ0) is 15.1. The van der Waals surface area contributed by atoms with Crippen LogP contribution in [0.3, 0.4) is 0 Å². The zero-order valence-corrected chi connectivity index (χ0v) is 13.0. The molecule has 0 aromatic rings. The summed E-state index contributed by atoms with van der Waals surface area (Å²) in [4.78, 5) is 28.4. The number of amides is 2. The van der Waals surface area contributed by atoms with E-state index in [1.807, 2.05) is 4.90 Å². The highest BCUT2D eigenvalue weighted by Crippen LogP contribution is 2.13. The Kier molecular flexibility index (Phi) is 6.45. The van der Waals surface area contributed by atoms with E-state index in [1.54, 1.807) is 12.0 Å². The highest BCUT2D eigenvalue weighted by atomic mass is 16.5. The molecule has 2 fully saturated rings. The van der Waals surface area contributed by atoms with Crippen LogP contribution in [0.1, 0.15) is 32.1 Å². The van der Waals surface area contributed by atoms with E-state index < -0.39 is 0 Å². The molecule has 6 heteroatoms. The van der Waals surface area contributed by atoms with Crippen molar-refractivity contribution in [3.05, 3.63) is 0 Å². The molecule has 0 saturated carbocycles. The van der Waals surface area contributed by atoms with Gasteiger partial charge >= 0.3 is 0 Å². The monoisotopic (exact) mass is 297 g/mol. The molecule has 1 atom stereocenters. The van der Waals surface area contributed by atoms with Crippen molar-refractivity contribution >= 4 is 11.8 Å². The standard InChI is InChI=1S/C15H27N3O3/c1-21-11-10-18-9-6-16-13(15(18)20)12-14(19)17-7-4-2-3-5-8-17/h13,16H,2-12H2,1H3. The van der Waals surface area contributed by atoms with Crippen LogP contribution < -0.4 is 5.32 Å². The maximum atomic E-state index is 12.4. The highest BCUT2D eigenvalue weighted by Gasteiger charge is 2.31. The van der Waals surface area contributed by atoms with Crippen LogP contribution in [0, 0.1) is 0 Å². The summed E-state index contributed by atoms with van der Waals surface area (Å²) in [6, 6.07) is -0.369. The lowest BCUT2D eigenvalue weighted by atomic mass is 10.1. The van der Waals surface area contributed by atoms with Crippen LogP contribution in [0.15, 0.2) is 0 Å². The maximum absolute atomic E-state index is 12.4. The maximum Gasteiger partial charge on any atom is 0.240 e. The fourth-order valence-electron chi connectivity index (χ4n) is 3.00. The lowest BCUT2D eigenvalue weighted by molar-refractivity contribution is -0.141. The minimum absolute atomic E-state index is 0.0291. The summed E-state index contributed by atoms with van der Waals surface area (Å²) in [5.41, 5.74) is 0. The second-order valence-corrected chi connectivity index (χ2v) is 5.82. The summed E-state index contributed by atoms with van der Waals surface area (Å²) in [6.45, 7) is 4.26. The van der Waals surface area contributed by atoms with E-state index in [1.165, 1.54) is 12.8 Å². The fourth-order valence-corrected chi connectivity index (χ4v) is 3.00. The molecule has 0 radical (unpaired) electrons. The molecule has 1 unspecified atom stereocenters. The molecule has 6 nitrogen and oxygen atoms in total. The van der Waals surface area contributed by atoms with Gasteiger partial charge in [-0.25, -0.2) is 0 Å². The van der Waals surface area contributed by atoms with E-state index in [0.29, 0.717) is 19.7 Å². The first-order valence-electron chi connectivity index (χ1n) is 8.01. The van der Waals surface area contributed by atoms with Crippen molar-refractivity contribution in [3.63, 3.8) is 0 Å². The van der Waals surface area contributed by atoms with Crippen LogP contribution in [0.25, 0.3) is 0 Å². The predicted molar refractivity (Wildman–Crippen MR) is 79.9 cm³/mol. The summed E-state index contributed by atoms with van der Waals surface area (Å²) < 4.78 is 5.03. The van der Waals surface area contributed by atoms with Gasteiger partial charge in [-0.05, 0) is 12.8 Å². The molecule has 2 aliphatic heterocycles. The summed E-state index contributed by atoms with van der Waals surface area (Å²) in [5.74, 6) is 0.137. The number of carbonyl (C=O) groups is 2. The van der Waals surface area contributed by atoms with Crippen molar-refractivity contribution in [2.45, 2.75) is 38.1 Å². The molecule has 2 aliphatic rings. The van der Waals surface area contributed by atoms with Crippen LogP contribution in [-0.4, -0.2) is 74.1 Å². The Morgan fingerprint density at radius 1 is 1.24 bits per heavy atom. The summed E-state index contributed by atoms with van der Waals surface area (Å²) >= 11 is 0. The smallest absolute Gasteiger partial charge is 0.240 e. The molecule has 0 aliphatic carbocycles. The topological polar surface area (TPSA) is 61.9 Å². The van der Waals surface area contributed by atoms with Gasteiger partial charge in [0.15, 0.2) is 0 Å². The average Bonchev–Trinajstić information content (AvgIpc) is 2.77. The molecule has 2 saturated heterocycles. The third-order valence-corrected chi connectivity index (χ3v) is 4.29. The first-order valence-corrected chi connectivity index (χ1v) is 8.01. The fraction of sp³-hybridized carbons (Fsp3) is 0.867. The van der Waals surface area contributed by atoms with Gasteiger partial charge in [-0.1, -0.05) is 12.8 Å². The predicted octanol–water partition coefficient (Wildman–Crippen LogP) is 0.226. The zero-order valence-electron chi connectivity index (χ0n) is 13.0. The van der Waals surface area contributed by atoms with Gasteiger partial charge in [0.05, 0.1) is 19.1 Å². The third-order valence-electron chi connectivity index (χ3n) is 4.29. The van der Waals surface area contributed by atoms with E-state index in [0.717, 1.165) is 32.5 Å². The summed E-state index contributed by atoms with van der Waals surface area (Å²) in [6.07, 6.45) is 4.85. The largest absolute Gasteiger partial charge is 0.383 e. The van der Waals surface area contributed by atoms with Gasteiger partial charge < -0.3 is 19.9 Å². The van der Waals surface area contributed by atoms with Crippen molar-refractivity contribution in [2.24, 2.45) is 0 Å². The van der Waals surface area contributed by atoms with Crippen molar-refractivity contribution < 1.29 is 14.3 Å². The average molecular weight is 297 g/mol. The quantitative estimate of drug-likeness (QED) is 0.789. The van der Waals surface area contributed by atoms with Crippen molar-refractivity contribution in [1.82, 2.24) is 15.1 Å². The Morgan fingerprint density at radius 2 is 1.95 bits per heavy atom. The number of likely N-dealkylation sites (tertiary alicyclic amines) is 1. The molecule has 120 valence electrons. The molecule has 0 aromatic carbocycles. The van der Waals surface area contributed by atoms with Gasteiger partial charge in [0, 0.05) is 39.8 Å². The van der Waals surface area contributed by atoms with Gasteiger partial charge in [-0.2, -0.15) is 0 Å². The lowest BCUT2D eigenvalue weighted by Crippen LogP contribution is -2.57. The molecule has 0 bridgehead atoms. The second kappa shape index (κ2) is 8.34. The third kappa shape index (κ3) is 4.68. The number of ether oxygens (including phenoxy) is 1. The number of carbonyl (C=O) groups excluding carboxylic acids is 2. The highest BCUT2D eigenvalue weighted by molar-refractivity contribution is 5.89. The minimum Gasteiger partial charge on any atom is -0.383 e. The van der Waals surface area contributed by atoms with Crippen LogP contribution in [0.2, 0.25) is 0 Å². The lowest BCUT2D eigenvalue weighted by Gasteiger charge is -2.33. The van der Waals surface area contributed by atoms with Crippen LogP contribution in [-0.2, 0) is 14.3 Å². The van der Waals surface area contributed by atoms with Crippen LogP contribution >= 0.6 is 0 Å². The minimum atomic E-state index is -0.369. The normalized spacial score (nSPS) is 24.0. The Balaban J connectivity index is 1.85. The summed E-state index contributed by atoms with van der Waals surface area (Å²) in [7, 11) is 1.63. The van der Waals surface area contributed by atoms with Gasteiger partial charge in [0.1, 0.15) is 0 Å². The number of nitrogens with one attached hydrogen (secondary N) is 1. The van der Waals surface area contributed by atoms with E-state index in [-0.39, 0.29) is 24.3 Å². The second-order valence-electron chi connectivity index (χ2n) is 5.82. The first kappa shape index (κ1) is 16.2. The van der Waals surface area contributed by atoms with Gasteiger partial charge in [-0.15, -0.1) is 0 Å². The summed E-state index contributed by atoms with van der Waals surface area (Å²) in [5, 5.41) is 3.18. The first-order chi connectivity index (χ1) is 10.2. The van der Waals surface area contributed by atoms with E-state index in [2.05, 4.69) is 5.32 Å². The van der Waals surface area contributed by atoms with Crippen molar-refractivity contribution in [1.29, 1.82) is 0 Å². The van der Waals surface area contributed by atoms with Gasteiger partial charge in [0.2, 0.25) is 11.8 Å². The number of methoxy groups -OCH3 is 1. The number of piperazine rings is 1. The SMILES string of the molecule is COCCN1CCNC(CC(=O)N2CCCCCC2)C1=O. The van der Waals surface area contributed by atoms with Crippen molar-refractivity contribution in [3.8, 4) is 0 Å². The Hall–Kier alpha value is -1.14. The van der Waals surface area contributed by atoms with Gasteiger partial charge in [-0.3, -0.25) is 9.59 Å². The van der Waals surface area contributed by atoms with Crippen molar-refractivity contribution in [2.75, 3.05) is 46.4 Å². The van der Waals surface area contributed by atoms with Gasteiger partial charge in [0.25, 0.3) is 0 Å². The molecule has 21 heavy (non-hydrogen) atoms. The molecule has 0 aromatic heterocycles. The number of nitrogens with zero attached hydrogens (tertiary/aromatic N) is 2. The Morgan fingerprint density at radius 3 is 2.62 bits per heavy atom. The van der Waals surface area contributed by atoms with E-state index in [9.17, 15) is 9.59 Å². The molecule has 2 amide bonds. The molecular weight excluding hydrogens is 270 g/mol.